The van der Waals surface area contributed by atoms with Crippen LogP contribution >= 0.6 is 0 Å². The van der Waals surface area contributed by atoms with E-state index in [1.165, 1.54) is 36.1 Å². The number of quaternary nitrogens is 1. The number of carbonyl (C=O) groups is 1. The van der Waals surface area contributed by atoms with Crippen LogP contribution in [0.25, 0.3) is 6.08 Å². The van der Waals surface area contributed by atoms with Crippen LogP contribution in [0.1, 0.15) is 56.1 Å². The zero-order chi connectivity index (χ0) is 25.8. The van der Waals surface area contributed by atoms with E-state index < -0.39 is 27.9 Å². The molecule has 10 heteroatoms. The molecule has 2 atom stereocenters. The molecule has 0 aromatic heterocycles. The Morgan fingerprint density at radius 3 is 2.53 bits per heavy atom. The van der Waals surface area contributed by atoms with E-state index in [9.17, 15) is 18.3 Å². The molecule has 1 spiro atoms. The summed E-state index contributed by atoms with van der Waals surface area (Å²) in [6.07, 6.45) is 8.22. The molecule has 4 rings (SSSR count). The number of rotatable bonds is 7. The molecule has 1 aromatic rings. The number of piperidine rings is 1. The number of amides is 1. The number of nitrogens with one attached hydrogen (secondary N) is 2. The third kappa shape index (κ3) is 5.99. The van der Waals surface area contributed by atoms with Crippen LogP contribution in [0.4, 0.5) is 4.79 Å². The minimum atomic E-state index is -3.58. The van der Waals surface area contributed by atoms with Crippen LogP contribution < -0.4 is 10.2 Å². The van der Waals surface area contributed by atoms with Gasteiger partial charge in [0.05, 0.1) is 20.1 Å². The first kappa shape index (κ1) is 26.8. The number of alkyl carbamates (subject to hydrolysis) is 1. The lowest BCUT2D eigenvalue weighted by Gasteiger charge is -2.36. The number of aliphatic hydroxyl groups is 1. The Balaban J connectivity index is 1.34. The van der Waals surface area contributed by atoms with Crippen molar-refractivity contribution in [2.75, 3.05) is 33.8 Å². The Morgan fingerprint density at radius 2 is 1.89 bits per heavy atom. The maximum absolute atomic E-state index is 13.0. The summed E-state index contributed by atoms with van der Waals surface area (Å²) in [6, 6.07) is 7.55. The molecule has 2 fully saturated rings. The molecule has 3 aliphatic rings. The highest BCUT2D eigenvalue weighted by Crippen LogP contribution is 2.34. The first-order valence-corrected chi connectivity index (χ1v) is 14.4. The van der Waals surface area contributed by atoms with Crippen LogP contribution in [0, 0.1) is 5.92 Å². The summed E-state index contributed by atoms with van der Waals surface area (Å²) in [5.41, 5.74) is 1.24. The van der Waals surface area contributed by atoms with Gasteiger partial charge >= 0.3 is 6.09 Å². The van der Waals surface area contributed by atoms with E-state index in [4.69, 9.17) is 4.99 Å². The van der Waals surface area contributed by atoms with Gasteiger partial charge in [-0.25, -0.2) is 18.2 Å². The van der Waals surface area contributed by atoms with Gasteiger partial charge in [0, 0.05) is 25.0 Å². The maximum atomic E-state index is 13.0. The minimum absolute atomic E-state index is 0.352. The predicted octanol–water partition coefficient (Wildman–Crippen LogP) is 1.55. The quantitative estimate of drug-likeness (QED) is 0.506. The molecule has 3 N–H and O–H groups in total. The van der Waals surface area contributed by atoms with E-state index in [0.717, 1.165) is 34.7 Å². The molecular weight excluding hydrogens is 480 g/mol. The zero-order valence-corrected chi connectivity index (χ0v) is 22.1. The average molecular weight is 520 g/mol. The number of methoxy groups -OCH3 is 1. The summed E-state index contributed by atoms with van der Waals surface area (Å²) in [4.78, 5) is 17.2. The van der Waals surface area contributed by atoms with Crippen LogP contribution in [-0.4, -0.2) is 75.3 Å². The zero-order valence-electron chi connectivity index (χ0n) is 21.3. The van der Waals surface area contributed by atoms with E-state index in [1.807, 2.05) is 31.3 Å². The van der Waals surface area contributed by atoms with Crippen molar-refractivity contribution in [3.8, 4) is 0 Å². The van der Waals surface area contributed by atoms with E-state index in [-0.39, 0.29) is 0 Å². The molecule has 1 amide bonds. The summed E-state index contributed by atoms with van der Waals surface area (Å²) in [5.74, 6) is 1.52. The highest BCUT2D eigenvalue weighted by molar-refractivity contribution is 7.92. The van der Waals surface area contributed by atoms with Gasteiger partial charge in [-0.1, -0.05) is 43.5 Å². The van der Waals surface area contributed by atoms with Crippen LogP contribution in [0.15, 0.2) is 34.7 Å². The van der Waals surface area contributed by atoms with Gasteiger partial charge in [0.15, 0.2) is 0 Å². The largest absolute Gasteiger partial charge is 0.453 e. The van der Waals surface area contributed by atoms with Crippen molar-refractivity contribution in [1.29, 1.82) is 0 Å². The monoisotopic (exact) mass is 519 g/mol. The fourth-order valence-electron chi connectivity index (χ4n) is 5.66. The van der Waals surface area contributed by atoms with Crippen molar-refractivity contribution < 1.29 is 28.0 Å². The maximum Gasteiger partial charge on any atom is 0.406 e. The third-order valence-corrected chi connectivity index (χ3v) is 9.45. The van der Waals surface area contributed by atoms with Crippen LogP contribution in [-0.2, 0) is 21.2 Å². The van der Waals surface area contributed by atoms with Crippen molar-refractivity contribution in [3.05, 3.63) is 40.8 Å². The van der Waals surface area contributed by atoms with Crippen LogP contribution in [0.3, 0.4) is 0 Å². The molecule has 36 heavy (non-hydrogen) atoms. The van der Waals surface area contributed by atoms with Gasteiger partial charge in [0.25, 0.3) is 0 Å². The van der Waals surface area contributed by atoms with Gasteiger partial charge in [0.1, 0.15) is 5.54 Å². The normalized spacial score (nSPS) is 25.2. The summed E-state index contributed by atoms with van der Waals surface area (Å²) >= 11 is 0. The third-order valence-electron chi connectivity index (χ3n) is 7.89. The highest BCUT2D eigenvalue weighted by atomic mass is 32.2. The lowest BCUT2D eigenvalue weighted by molar-refractivity contribution is -0.841. The van der Waals surface area contributed by atoms with Crippen LogP contribution in [0.2, 0.25) is 0 Å². The number of aliphatic imine (C=N–C) groups is 1. The second kappa shape index (κ2) is 11.4. The predicted molar refractivity (Wildman–Crippen MR) is 139 cm³/mol. The standard InChI is InChI=1S/C26H38N4O5S/c1-29-23(22-6-4-3-5-7-22)28-26(24(29)31)14-17-30(18-15-26)36(33,34)19-13-21-10-8-20(9-11-21)12-16-27-25(32)35-2/h8-11,13,19,22,24,31H,3-7,12,14-18H2,1-2H3,(H,27,32)/p+1. The van der Waals surface area contributed by atoms with Gasteiger partial charge < -0.3 is 15.2 Å². The summed E-state index contributed by atoms with van der Waals surface area (Å²) in [7, 11) is -0.250. The fourth-order valence-corrected chi connectivity index (χ4v) is 6.85. The molecule has 1 saturated heterocycles. The Hall–Kier alpha value is -2.27. The van der Waals surface area contributed by atoms with Crippen LogP contribution in [0.5, 0.6) is 0 Å². The number of ether oxygens (including phenoxy) is 1. The number of hydrogen-bond donors (Lipinski definition) is 3. The van der Waals surface area contributed by atoms with Gasteiger partial charge in [-0.05, 0) is 49.3 Å². The Morgan fingerprint density at radius 1 is 1.22 bits per heavy atom. The molecule has 2 unspecified atom stereocenters. The van der Waals surface area contributed by atoms with Crippen molar-refractivity contribution in [1.82, 2.24) is 9.62 Å². The van der Waals surface area contributed by atoms with Gasteiger partial charge in [-0.2, -0.15) is 4.31 Å². The van der Waals surface area contributed by atoms with Crippen molar-refractivity contribution >= 4 is 28.0 Å². The second-order valence-electron chi connectivity index (χ2n) is 10.2. The van der Waals surface area contributed by atoms with Crippen molar-refractivity contribution in [2.24, 2.45) is 10.9 Å². The first-order valence-electron chi connectivity index (χ1n) is 12.9. The van der Waals surface area contributed by atoms with E-state index in [1.54, 1.807) is 6.08 Å². The molecule has 198 valence electrons. The molecule has 9 nitrogen and oxygen atoms in total. The van der Waals surface area contributed by atoms with Crippen molar-refractivity contribution in [3.63, 3.8) is 0 Å². The number of likely N-dealkylation sites (N-methyl/N-ethyl adjacent to an activating group) is 1. The molecule has 0 radical (unpaired) electrons. The number of hydrogen-bond acceptors (Lipinski definition) is 6. The smallest absolute Gasteiger partial charge is 0.406 e. The van der Waals surface area contributed by atoms with E-state index in [0.29, 0.717) is 44.8 Å². The topological polar surface area (TPSA) is 113 Å². The number of sulfonamides is 1. The number of benzene rings is 1. The first-order chi connectivity index (χ1) is 17.2. The minimum Gasteiger partial charge on any atom is -0.453 e. The van der Waals surface area contributed by atoms with E-state index in [2.05, 4.69) is 10.1 Å². The average Bonchev–Trinajstić information content (AvgIpc) is 3.14. The molecule has 0 bridgehead atoms. The lowest BCUT2D eigenvalue weighted by atomic mass is 9.87. The number of nitrogens with zero attached hydrogens (tertiary/aromatic N) is 2. The number of aliphatic hydroxyl groups excluding tert-OH is 1. The second-order valence-corrected chi connectivity index (χ2v) is 12.0. The summed E-state index contributed by atoms with van der Waals surface area (Å²) < 4.78 is 32.1. The molecule has 2 aliphatic heterocycles. The Kier molecular flexibility index (Phi) is 8.49. The SMILES string of the molecule is COC(=O)NCCc1ccc(C=CS(=O)(=O)N2CCC3(CC2)N=C(C2CCCCC2)[NH+](C)C3O)cc1. The lowest BCUT2D eigenvalue weighted by Crippen LogP contribution is -3.16. The summed E-state index contributed by atoms with van der Waals surface area (Å²) in [6.45, 7) is 1.17. The Labute approximate surface area is 214 Å². The highest BCUT2D eigenvalue weighted by Gasteiger charge is 2.54. The number of amidine groups is 1. The van der Waals surface area contributed by atoms with Gasteiger partial charge in [-0.15, -0.1) is 0 Å². The van der Waals surface area contributed by atoms with Crippen molar-refractivity contribution in [2.45, 2.75) is 63.1 Å². The molecule has 1 aromatic carbocycles. The molecule has 1 aliphatic carbocycles. The molecule has 2 heterocycles. The molecular formula is C26H39N4O5S+. The summed E-state index contributed by atoms with van der Waals surface area (Å²) in [5, 5.41) is 15.0. The number of carbonyl (C=O) groups excluding carboxylic acids is 1. The molecule has 1 saturated carbocycles. The Bertz CT molecular complexity index is 1070. The fraction of sp³-hybridized carbons (Fsp3) is 0.615. The van der Waals surface area contributed by atoms with Gasteiger partial charge in [0.2, 0.25) is 22.1 Å². The van der Waals surface area contributed by atoms with Gasteiger partial charge in [-0.3, -0.25) is 4.90 Å². The van der Waals surface area contributed by atoms with E-state index >= 15 is 0 Å².